The van der Waals surface area contributed by atoms with Crippen molar-refractivity contribution in [1.82, 2.24) is 10.6 Å². The molecular weight excluding hydrogens is 567 g/mol. The third-order valence-corrected chi connectivity index (χ3v) is 8.63. The van der Waals surface area contributed by atoms with E-state index in [0.29, 0.717) is 11.5 Å². The van der Waals surface area contributed by atoms with Gasteiger partial charge in [0.25, 0.3) is 5.91 Å². The molecule has 40 heavy (non-hydrogen) atoms. The first-order valence-electron chi connectivity index (χ1n) is 13.1. The minimum absolute atomic E-state index is 0.0387. The Morgan fingerprint density at radius 3 is 2.45 bits per heavy atom. The number of alkyl halides is 3. The zero-order valence-corrected chi connectivity index (χ0v) is 24.2. The normalized spacial score (nSPS) is 24.8. The van der Waals surface area contributed by atoms with E-state index in [4.69, 9.17) is 32.5 Å². The van der Waals surface area contributed by atoms with Crippen LogP contribution in [0.15, 0.2) is 42.5 Å². The zero-order valence-electron chi connectivity index (χ0n) is 22.7. The Bertz CT molecular complexity index is 1260. The van der Waals surface area contributed by atoms with Crippen molar-refractivity contribution < 1.29 is 32.1 Å². The molecule has 2 N–H and O–H groups in total. The van der Waals surface area contributed by atoms with E-state index in [0.717, 1.165) is 25.0 Å². The molecule has 6 nitrogen and oxygen atoms in total. The molecule has 216 valence electrons. The fourth-order valence-corrected chi connectivity index (χ4v) is 5.87. The molecule has 2 aromatic rings. The fourth-order valence-electron chi connectivity index (χ4n) is 5.49. The average molecular weight is 599 g/mol. The highest BCUT2D eigenvalue weighted by Crippen LogP contribution is 2.50. The third kappa shape index (κ3) is 6.95. The van der Waals surface area contributed by atoms with E-state index in [1.807, 2.05) is 6.92 Å². The zero-order chi connectivity index (χ0) is 29.5. The molecule has 2 fully saturated rings. The standard InChI is InChI=1S/C28H32BCl2F3N2O4/c1-16-11-23-27(4,14-26(16,2)3)40-29(39-23)15-35-25(38)22(12-17-5-7-18(8-6-17)28(32,33)34)36-24(37)20-13-19(30)9-10-21(20)31/h5-10,13,16,22-23H,11-12,14-15H2,1-4H3,(H,35,38)(H,36,37)/t16-,22?,23+,27-/m0/s1. The fraction of sp³-hybridized carbons (Fsp3) is 0.500. The number of fused-ring (bicyclic) bond motifs is 1. The van der Waals surface area contributed by atoms with Crippen LogP contribution in [0, 0.1) is 11.3 Å². The van der Waals surface area contributed by atoms with Crippen molar-refractivity contribution in [2.75, 3.05) is 6.44 Å². The Morgan fingerprint density at radius 2 is 1.80 bits per heavy atom. The lowest BCUT2D eigenvalue weighted by atomic mass is 9.63. The Kier molecular flexibility index (Phi) is 8.86. The highest BCUT2D eigenvalue weighted by molar-refractivity contribution is 6.46. The minimum atomic E-state index is -4.49. The predicted octanol–water partition coefficient (Wildman–Crippen LogP) is 6.13. The van der Waals surface area contributed by atoms with Crippen molar-refractivity contribution in [1.29, 1.82) is 0 Å². The maximum absolute atomic E-state index is 13.3. The van der Waals surface area contributed by atoms with Gasteiger partial charge in [-0.1, -0.05) is 56.1 Å². The summed E-state index contributed by atoms with van der Waals surface area (Å²) in [7, 11) is -0.676. The highest BCUT2D eigenvalue weighted by Gasteiger charge is 2.55. The molecule has 1 saturated heterocycles. The third-order valence-electron chi connectivity index (χ3n) is 8.07. The number of hydrogen-bond acceptors (Lipinski definition) is 4. The van der Waals surface area contributed by atoms with Crippen molar-refractivity contribution in [3.05, 3.63) is 69.2 Å². The van der Waals surface area contributed by atoms with E-state index in [2.05, 4.69) is 31.4 Å². The van der Waals surface area contributed by atoms with Gasteiger partial charge in [-0.3, -0.25) is 9.59 Å². The van der Waals surface area contributed by atoms with Crippen LogP contribution >= 0.6 is 23.2 Å². The van der Waals surface area contributed by atoms with Crippen LogP contribution in [0.5, 0.6) is 0 Å². The van der Waals surface area contributed by atoms with E-state index >= 15 is 0 Å². The molecule has 1 heterocycles. The lowest BCUT2D eigenvalue weighted by Gasteiger charge is -2.47. The molecule has 0 bridgehead atoms. The van der Waals surface area contributed by atoms with Crippen LogP contribution in [0.4, 0.5) is 13.2 Å². The molecule has 2 aliphatic rings. The molecule has 4 rings (SSSR count). The van der Waals surface area contributed by atoms with Gasteiger partial charge in [0.15, 0.2) is 0 Å². The Hall–Kier alpha value is -2.27. The summed E-state index contributed by atoms with van der Waals surface area (Å²) in [5, 5.41) is 5.84. The number of carbonyl (C=O) groups excluding carboxylic acids is 2. The smallest absolute Gasteiger partial charge is 0.404 e. The van der Waals surface area contributed by atoms with Gasteiger partial charge in [-0.05, 0) is 67.0 Å². The van der Waals surface area contributed by atoms with Crippen LogP contribution < -0.4 is 10.6 Å². The lowest BCUT2D eigenvalue weighted by molar-refractivity contribution is -0.137. The maximum atomic E-state index is 13.3. The second-order valence-corrected chi connectivity index (χ2v) is 12.4. The van der Waals surface area contributed by atoms with Gasteiger partial charge >= 0.3 is 13.3 Å². The van der Waals surface area contributed by atoms with Crippen molar-refractivity contribution in [2.24, 2.45) is 11.3 Å². The molecule has 1 aliphatic carbocycles. The number of rotatable bonds is 7. The largest absolute Gasteiger partial charge is 0.478 e. The van der Waals surface area contributed by atoms with Crippen LogP contribution in [-0.2, 0) is 26.7 Å². The van der Waals surface area contributed by atoms with Gasteiger partial charge in [0.2, 0.25) is 5.91 Å². The van der Waals surface area contributed by atoms with Crippen LogP contribution in [-0.4, -0.2) is 43.1 Å². The minimum Gasteiger partial charge on any atom is -0.404 e. The van der Waals surface area contributed by atoms with Gasteiger partial charge in [0, 0.05) is 11.4 Å². The molecule has 4 atom stereocenters. The van der Waals surface area contributed by atoms with Crippen molar-refractivity contribution >= 4 is 42.1 Å². The molecule has 1 aliphatic heterocycles. The number of amides is 2. The second kappa shape index (κ2) is 11.5. The number of nitrogens with one attached hydrogen (secondary N) is 2. The highest BCUT2D eigenvalue weighted by atomic mass is 35.5. The summed E-state index contributed by atoms with van der Waals surface area (Å²) < 4.78 is 51.5. The average Bonchev–Trinajstić information content (AvgIpc) is 3.17. The first-order chi connectivity index (χ1) is 18.6. The summed E-state index contributed by atoms with van der Waals surface area (Å²) in [6.45, 7) is 8.63. The molecule has 1 saturated carbocycles. The van der Waals surface area contributed by atoms with Gasteiger partial charge in [0.05, 0.1) is 34.3 Å². The first-order valence-corrected chi connectivity index (χ1v) is 13.9. The number of benzene rings is 2. The predicted molar refractivity (Wildman–Crippen MR) is 148 cm³/mol. The van der Waals surface area contributed by atoms with Crippen LogP contribution in [0.25, 0.3) is 0 Å². The van der Waals surface area contributed by atoms with Crippen molar-refractivity contribution in [3.8, 4) is 0 Å². The van der Waals surface area contributed by atoms with Gasteiger partial charge in [-0.15, -0.1) is 0 Å². The quantitative estimate of drug-likeness (QED) is 0.376. The maximum Gasteiger partial charge on any atom is 0.478 e. The summed E-state index contributed by atoms with van der Waals surface area (Å²) in [4.78, 5) is 26.4. The number of hydrogen-bond donors (Lipinski definition) is 2. The molecule has 1 unspecified atom stereocenters. The molecule has 12 heteroatoms. The molecule has 0 spiro atoms. The molecule has 0 radical (unpaired) electrons. The first kappa shape index (κ1) is 30.7. The molecular formula is C28H32BCl2F3N2O4. The number of halogens is 5. The van der Waals surface area contributed by atoms with Gasteiger partial charge in [0.1, 0.15) is 6.04 Å². The van der Waals surface area contributed by atoms with E-state index in [1.54, 1.807) is 0 Å². The lowest BCUT2D eigenvalue weighted by Crippen LogP contribution is -2.50. The van der Waals surface area contributed by atoms with Gasteiger partial charge in [-0.2, -0.15) is 13.2 Å². The Labute approximate surface area is 242 Å². The molecule has 2 aromatic carbocycles. The summed E-state index contributed by atoms with van der Waals surface area (Å²) >= 11 is 12.2. The van der Waals surface area contributed by atoms with Crippen molar-refractivity contribution in [3.63, 3.8) is 0 Å². The van der Waals surface area contributed by atoms with Gasteiger partial charge in [-0.25, -0.2) is 0 Å². The Balaban J connectivity index is 1.47. The SMILES string of the molecule is C[C@H]1C[C@H]2OB(CNC(=O)C(Cc3ccc(C(F)(F)F)cc3)NC(=O)c3cc(Cl)ccc3Cl)O[C@@]2(C)CC1(C)C. The number of carbonyl (C=O) groups is 2. The summed E-state index contributed by atoms with van der Waals surface area (Å²) in [5.74, 6) is -0.765. The van der Waals surface area contributed by atoms with Gasteiger partial charge < -0.3 is 19.9 Å². The van der Waals surface area contributed by atoms with Crippen LogP contribution in [0.3, 0.4) is 0 Å². The van der Waals surface area contributed by atoms with E-state index in [1.165, 1.54) is 30.3 Å². The Morgan fingerprint density at radius 1 is 1.12 bits per heavy atom. The monoisotopic (exact) mass is 598 g/mol. The topological polar surface area (TPSA) is 76.7 Å². The molecule has 2 amide bonds. The van der Waals surface area contributed by atoms with E-state index in [9.17, 15) is 22.8 Å². The molecule has 0 aromatic heterocycles. The second-order valence-electron chi connectivity index (χ2n) is 11.6. The summed E-state index contributed by atoms with van der Waals surface area (Å²) in [5.41, 5.74) is -0.729. The van der Waals surface area contributed by atoms with E-state index in [-0.39, 0.29) is 40.0 Å². The van der Waals surface area contributed by atoms with E-state index < -0.39 is 42.3 Å². The summed E-state index contributed by atoms with van der Waals surface area (Å²) in [6, 6.07) is 7.65. The van der Waals surface area contributed by atoms with Crippen LogP contribution in [0.1, 0.15) is 62.0 Å². The van der Waals surface area contributed by atoms with Crippen LogP contribution in [0.2, 0.25) is 10.0 Å². The summed E-state index contributed by atoms with van der Waals surface area (Å²) in [6.07, 6.45) is -2.98. The van der Waals surface area contributed by atoms with Crippen molar-refractivity contribution in [2.45, 2.75) is 70.9 Å².